The summed E-state index contributed by atoms with van der Waals surface area (Å²) in [5.41, 5.74) is 8.21. The summed E-state index contributed by atoms with van der Waals surface area (Å²) in [6.45, 7) is 0.264. The Kier molecular flexibility index (Phi) is 4.51. The van der Waals surface area contributed by atoms with Crippen LogP contribution in [-0.2, 0) is 27.3 Å². The van der Waals surface area contributed by atoms with Gasteiger partial charge in [-0.1, -0.05) is 60.7 Å². The monoisotopic (exact) mass is 297 g/mol. The van der Waals surface area contributed by atoms with E-state index in [0.717, 1.165) is 11.1 Å². The molecule has 2 aromatic carbocycles. The molecule has 4 nitrogen and oxygen atoms in total. The van der Waals surface area contributed by atoms with E-state index in [1.807, 2.05) is 60.7 Å². The summed E-state index contributed by atoms with van der Waals surface area (Å²) in [6.07, 6.45) is -0.0838. The number of esters is 1. The van der Waals surface area contributed by atoms with E-state index in [4.69, 9.17) is 15.2 Å². The first-order chi connectivity index (χ1) is 10.7. The topological polar surface area (TPSA) is 64.8 Å². The van der Waals surface area contributed by atoms with Crippen molar-refractivity contribution in [2.75, 3.05) is 0 Å². The van der Waals surface area contributed by atoms with E-state index in [9.17, 15) is 4.79 Å². The standard InChI is InChI=1S/C18H19NO3/c19-15(11-13-7-3-1-4-8-13)16-17(22-16)18(20)21-12-14-9-5-2-6-10-14/h1-10,15-17H,11-12,19H2/t15-,16-,17?/m0/s1. The average Bonchev–Trinajstić information content (AvgIpc) is 3.35. The molecule has 0 radical (unpaired) electrons. The SMILES string of the molecule is N[C@@H](Cc1ccccc1)[C@@H]1OC1C(=O)OCc1ccccc1. The zero-order valence-electron chi connectivity index (χ0n) is 12.2. The molecule has 114 valence electrons. The van der Waals surface area contributed by atoms with Crippen LogP contribution in [0.2, 0.25) is 0 Å². The molecule has 2 aromatic rings. The number of hydrogen-bond acceptors (Lipinski definition) is 4. The zero-order valence-corrected chi connectivity index (χ0v) is 12.2. The number of carbonyl (C=O) groups is 1. The van der Waals surface area contributed by atoms with Gasteiger partial charge in [0, 0.05) is 6.04 Å². The lowest BCUT2D eigenvalue weighted by Crippen LogP contribution is -2.32. The molecule has 1 unspecified atom stereocenters. The van der Waals surface area contributed by atoms with Crippen molar-refractivity contribution in [1.82, 2.24) is 0 Å². The van der Waals surface area contributed by atoms with Crippen LogP contribution in [0.3, 0.4) is 0 Å². The fourth-order valence-electron chi connectivity index (χ4n) is 2.45. The highest BCUT2D eigenvalue weighted by Crippen LogP contribution is 2.27. The van der Waals surface area contributed by atoms with Gasteiger partial charge in [0.2, 0.25) is 0 Å². The van der Waals surface area contributed by atoms with Crippen molar-refractivity contribution in [2.24, 2.45) is 5.73 Å². The lowest BCUT2D eigenvalue weighted by atomic mass is 10.0. The third kappa shape index (κ3) is 3.72. The van der Waals surface area contributed by atoms with Crippen LogP contribution in [0.25, 0.3) is 0 Å². The number of epoxide rings is 1. The Bertz CT molecular complexity index is 615. The Morgan fingerprint density at radius 1 is 1.05 bits per heavy atom. The van der Waals surface area contributed by atoms with Crippen LogP contribution in [0.5, 0.6) is 0 Å². The summed E-state index contributed by atoms with van der Waals surface area (Å²) < 4.78 is 10.7. The second kappa shape index (κ2) is 6.73. The molecule has 1 aliphatic heterocycles. The summed E-state index contributed by atoms with van der Waals surface area (Å²) in [5, 5.41) is 0. The molecular weight excluding hydrogens is 278 g/mol. The Morgan fingerprint density at radius 3 is 2.27 bits per heavy atom. The number of nitrogens with two attached hydrogens (primary N) is 1. The summed E-state index contributed by atoms with van der Waals surface area (Å²) >= 11 is 0. The predicted molar refractivity (Wildman–Crippen MR) is 83.0 cm³/mol. The lowest BCUT2D eigenvalue weighted by Gasteiger charge is -2.08. The summed E-state index contributed by atoms with van der Waals surface area (Å²) in [4.78, 5) is 11.9. The van der Waals surface area contributed by atoms with Crippen molar-refractivity contribution in [3.8, 4) is 0 Å². The Morgan fingerprint density at radius 2 is 1.64 bits per heavy atom. The minimum atomic E-state index is -0.526. The van der Waals surface area contributed by atoms with Crippen LogP contribution in [0, 0.1) is 0 Å². The molecule has 1 heterocycles. The van der Waals surface area contributed by atoms with Crippen LogP contribution < -0.4 is 5.73 Å². The van der Waals surface area contributed by atoms with E-state index in [0.29, 0.717) is 6.42 Å². The van der Waals surface area contributed by atoms with Crippen molar-refractivity contribution in [1.29, 1.82) is 0 Å². The van der Waals surface area contributed by atoms with E-state index in [2.05, 4.69) is 0 Å². The smallest absolute Gasteiger partial charge is 0.338 e. The molecule has 0 bridgehead atoms. The van der Waals surface area contributed by atoms with Gasteiger partial charge in [-0.15, -0.1) is 0 Å². The van der Waals surface area contributed by atoms with Gasteiger partial charge < -0.3 is 15.2 Å². The van der Waals surface area contributed by atoms with Gasteiger partial charge in [-0.05, 0) is 17.5 Å². The van der Waals surface area contributed by atoms with E-state index in [1.165, 1.54) is 0 Å². The largest absolute Gasteiger partial charge is 0.459 e. The molecule has 1 aliphatic rings. The fraction of sp³-hybridized carbons (Fsp3) is 0.278. The third-order valence-electron chi connectivity index (χ3n) is 3.72. The van der Waals surface area contributed by atoms with Gasteiger partial charge in [0.15, 0.2) is 6.10 Å². The van der Waals surface area contributed by atoms with Gasteiger partial charge >= 0.3 is 5.97 Å². The average molecular weight is 297 g/mol. The lowest BCUT2D eigenvalue weighted by molar-refractivity contribution is -0.146. The molecular formula is C18H19NO3. The molecule has 2 N–H and O–H groups in total. The highest BCUT2D eigenvalue weighted by atomic mass is 16.6. The summed E-state index contributed by atoms with van der Waals surface area (Å²) in [7, 11) is 0. The van der Waals surface area contributed by atoms with Gasteiger partial charge in [-0.3, -0.25) is 0 Å². The molecule has 0 aliphatic carbocycles. The first-order valence-electron chi connectivity index (χ1n) is 7.39. The maximum Gasteiger partial charge on any atom is 0.338 e. The number of ether oxygens (including phenoxy) is 2. The van der Waals surface area contributed by atoms with Gasteiger partial charge in [-0.2, -0.15) is 0 Å². The molecule has 0 aromatic heterocycles. The van der Waals surface area contributed by atoms with Crippen LogP contribution in [0.15, 0.2) is 60.7 Å². The molecule has 0 spiro atoms. The minimum absolute atomic E-state index is 0.198. The molecule has 3 rings (SSSR count). The zero-order chi connectivity index (χ0) is 15.4. The Labute approximate surface area is 129 Å². The maximum absolute atomic E-state index is 11.9. The summed E-state index contributed by atoms with van der Waals surface area (Å²) in [6, 6.07) is 19.3. The molecule has 1 fully saturated rings. The maximum atomic E-state index is 11.9. The molecule has 3 atom stereocenters. The van der Waals surface area contributed by atoms with Crippen molar-refractivity contribution in [3.63, 3.8) is 0 Å². The molecule has 4 heteroatoms. The highest BCUT2D eigenvalue weighted by Gasteiger charge is 2.49. The summed E-state index contributed by atoms with van der Waals surface area (Å²) in [5.74, 6) is -0.336. The van der Waals surface area contributed by atoms with Crippen molar-refractivity contribution >= 4 is 5.97 Å². The third-order valence-corrected chi connectivity index (χ3v) is 3.72. The number of benzene rings is 2. The van der Waals surface area contributed by atoms with Gasteiger partial charge in [-0.25, -0.2) is 4.79 Å². The van der Waals surface area contributed by atoms with Gasteiger partial charge in [0.25, 0.3) is 0 Å². The molecule has 22 heavy (non-hydrogen) atoms. The predicted octanol–water partition coefficient (Wildman–Crippen LogP) is 2.07. The van der Waals surface area contributed by atoms with Gasteiger partial charge in [0.05, 0.1) is 0 Å². The second-order valence-electron chi connectivity index (χ2n) is 5.47. The van der Waals surface area contributed by atoms with Crippen LogP contribution >= 0.6 is 0 Å². The normalized spacial score (nSPS) is 21.1. The van der Waals surface area contributed by atoms with Crippen molar-refractivity contribution in [3.05, 3.63) is 71.8 Å². The van der Waals surface area contributed by atoms with Crippen molar-refractivity contribution in [2.45, 2.75) is 31.3 Å². The van der Waals surface area contributed by atoms with Crippen LogP contribution in [0.1, 0.15) is 11.1 Å². The molecule has 0 amide bonds. The second-order valence-corrected chi connectivity index (χ2v) is 5.47. The Balaban J connectivity index is 1.46. The van der Waals surface area contributed by atoms with E-state index in [1.54, 1.807) is 0 Å². The minimum Gasteiger partial charge on any atom is -0.459 e. The van der Waals surface area contributed by atoms with E-state index in [-0.39, 0.29) is 24.7 Å². The number of hydrogen-bond donors (Lipinski definition) is 1. The van der Waals surface area contributed by atoms with Crippen LogP contribution in [0.4, 0.5) is 0 Å². The first-order valence-corrected chi connectivity index (χ1v) is 7.39. The Hall–Kier alpha value is -2.17. The van der Waals surface area contributed by atoms with Crippen molar-refractivity contribution < 1.29 is 14.3 Å². The van der Waals surface area contributed by atoms with Gasteiger partial charge in [0.1, 0.15) is 12.7 Å². The fourth-order valence-corrected chi connectivity index (χ4v) is 2.45. The number of carbonyl (C=O) groups excluding carboxylic acids is 1. The van der Waals surface area contributed by atoms with E-state index < -0.39 is 6.10 Å². The quantitative estimate of drug-likeness (QED) is 0.655. The number of rotatable bonds is 6. The highest BCUT2D eigenvalue weighted by molar-refractivity contribution is 5.78. The first kappa shape index (κ1) is 14.8. The molecule has 0 saturated carbocycles. The van der Waals surface area contributed by atoms with Crippen LogP contribution in [-0.4, -0.2) is 24.2 Å². The van der Waals surface area contributed by atoms with E-state index >= 15 is 0 Å². The molecule has 1 saturated heterocycles.